The summed E-state index contributed by atoms with van der Waals surface area (Å²) in [6.45, 7) is 7.84. The molecule has 0 fully saturated rings. The quantitative estimate of drug-likeness (QED) is 0.610. The highest BCUT2D eigenvalue weighted by atomic mass is 16.5. The number of H-pyrrole nitrogens is 2. The second-order valence-corrected chi connectivity index (χ2v) is 8.01. The first-order chi connectivity index (χ1) is 13.0. The van der Waals surface area contributed by atoms with Crippen LogP contribution in [0.2, 0.25) is 0 Å². The van der Waals surface area contributed by atoms with Gasteiger partial charge in [0.2, 0.25) is 0 Å². The second kappa shape index (κ2) is 8.15. The van der Waals surface area contributed by atoms with Gasteiger partial charge in [-0.05, 0) is 51.9 Å². The van der Waals surface area contributed by atoms with Crippen molar-refractivity contribution in [2.24, 2.45) is 0 Å². The summed E-state index contributed by atoms with van der Waals surface area (Å²) in [4.78, 5) is 6.81. The van der Waals surface area contributed by atoms with Crippen molar-refractivity contribution in [2.75, 3.05) is 14.2 Å². The molecule has 1 aromatic carbocycles. The molecule has 2 aromatic heterocycles. The van der Waals surface area contributed by atoms with Crippen molar-refractivity contribution in [3.05, 3.63) is 82.4 Å². The molecule has 0 saturated heterocycles. The third-order valence-electron chi connectivity index (χ3n) is 4.97. The fraction of sp³-hybridized carbons (Fsp3) is 0.391. The zero-order chi connectivity index (χ0) is 19.4. The minimum atomic E-state index is 0.0534. The number of nitrogens with one attached hydrogen (secondary N) is 2. The predicted molar refractivity (Wildman–Crippen MR) is 109 cm³/mol. The Morgan fingerprint density at radius 2 is 1.33 bits per heavy atom. The van der Waals surface area contributed by atoms with Crippen LogP contribution in [-0.4, -0.2) is 24.2 Å². The van der Waals surface area contributed by atoms with Gasteiger partial charge in [0.25, 0.3) is 0 Å². The number of aromatic nitrogens is 2. The average Bonchev–Trinajstić information content (AvgIpc) is 3.31. The molecule has 0 saturated carbocycles. The maximum atomic E-state index is 5.59. The van der Waals surface area contributed by atoms with Crippen molar-refractivity contribution >= 4 is 0 Å². The van der Waals surface area contributed by atoms with Gasteiger partial charge in [-0.2, -0.15) is 0 Å². The number of rotatable bonds is 7. The summed E-state index contributed by atoms with van der Waals surface area (Å²) in [6, 6.07) is 12.9. The molecule has 0 spiro atoms. The minimum Gasteiger partial charge on any atom is -0.380 e. The van der Waals surface area contributed by atoms with Crippen molar-refractivity contribution in [3.8, 4) is 0 Å². The number of ether oxygens (including phenoxy) is 2. The lowest BCUT2D eigenvalue weighted by Crippen LogP contribution is -2.17. The van der Waals surface area contributed by atoms with E-state index in [0.29, 0.717) is 13.2 Å². The van der Waals surface area contributed by atoms with E-state index < -0.39 is 0 Å². The summed E-state index contributed by atoms with van der Waals surface area (Å²) in [7, 11) is 3.50. The summed E-state index contributed by atoms with van der Waals surface area (Å²) in [5.74, 6) is 0.0688. The molecule has 0 aliphatic carbocycles. The van der Waals surface area contributed by atoms with Crippen LogP contribution in [0.3, 0.4) is 0 Å². The Bertz CT molecular complexity index is 782. The molecule has 2 heterocycles. The van der Waals surface area contributed by atoms with Crippen LogP contribution in [0.25, 0.3) is 0 Å². The van der Waals surface area contributed by atoms with Gasteiger partial charge in [-0.15, -0.1) is 0 Å². The zero-order valence-electron chi connectivity index (χ0n) is 16.9. The fourth-order valence-electron chi connectivity index (χ4n) is 3.66. The molecule has 4 heteroatoms. The summed E-state index contributed by atoms with van der Waals surface area (Å²) >= 11 is 0. The number of hydrogen-bond acceptors (Lipinski definition) is 2. The van der Waals surface area contributed by atoms with Crippen LogP contribution in [0.5, 0.6) is 0 Å². The smallest absolute Gasteiger partial charge is 0.0716 e. The van der Waals surface area contributed by atoms with Gasteiger partial charge in [0, 0.05) is 38.0 Å². The largest absolute Gasteiger partial charge is 0.380 e. The highest BCUT2D eigenvalue weighted by Crippen LogP contribution is 2.38. The van der Waals surface area contributed by atoms with Crippen molar-refractivity contribution in [2.45, 2.75) is 45.3 Å². The Morgan fingerprint density at radius 1 is 0.852 bits per heavy atom. The average molecular weight is 367 g/mol. The van der Waals surface area contributed by atoms with Gasteiger partial charge < -0.3 is 19.4 Å². The van der Waals surface area contributed by atoms with Crippen LogP contribution in [0.1, 0.15) is 60.3 Å². The van der Waals surface area contributed by atoms with E-state index in [4.69, 9.17) is 9.47 Å². The summed E-state index contributed by atoms with van der Waals surface area (Å²) in [6.07, 6.45) is 3.95. The van der Waals surface area contributed by atoms with E-state index in [1.54, 1.807) is 14.2 Å². The molecule has 0 bridgehead atoms. The van der Waals surface area contributed by atoms with Crippen molar-refractivity contribution in [3.63, 3.8) is 0 Å². The maximum absolute atomic E-state index is 5.59. The van der Waals surface area contributed by atoms with Crippen LogP contribution in [0.15, 0.2) is 48.8 Å². The summed E-state index contributed by atoms with van der Waals surface area (Å²) in [5, 5.41) is 0. The molecule has 0 aliphatic rings. The van der Waals surface area contributed by atoms with Gasteiger partial charge in [-0.25, -0.2) is 0 Å². The van der Waals surface area contributed by atoms with Gasteiger partial charge in [-0.1, -0.05) is 32.9 Å². The van der Waals surface area contributed by atoms with Gasteiger partial charge in [0.15, 0.2) is 0 Å². The van der Waals surface area contributed by atoms with Crippen LogP contribution >= 0.6 is 0 Å². The van der Waals surface area contributed by atoms with Crippen molar-refractivity contribution < 1.29 is 9.47 Å². The normalized spacial score (nSPS) is 12.1. The Kier molecular flexibility index (Phi) is 5.88. The number of aromatic amines is 2. The molecule has 144 valence electrons. The lowest BCUT2D eigenvalue weighted by molar-refractivity contribution is 0.178. The molecule has 0 aliphatic heterocycles. The second-order valence-electron chi connectivity index (χ2n) is 8.01. The number of methoxy groups -OCH3 is 2. The molecule has 4 nitrogen and oxygen atoms in total. The van der Waals surface area contributed by atoms with Crippen molar-refractivity contribution in [1.82, 2.24) is 9.97 Å². The number of hydrogen-bond donors (Lipinski definition) is 2. The SMILES string of the molecule is COCc1cc(C(C)(C)C)cc(COC)c1C(c1ccc[nH]1)c1ccc[nH]1. The molecular formula is C23H30N2O2. The molecule has 3 aromatic rings. The Labute approximate surface area is 161 Å². The van der Waals surface area contributed by atoms with E-state index in [9.17, 15) is 0 Å². The van der Waals surface area contributed by atoms with E-state index in [-0.39, 0.29) is 11.3 Å². The highest BCUT2D eigenvalue weighted by Gasteiger charge is 2.27. The predicted octanol–water partition coefficient (Wildman–Crippen LogP) is 5.11. The summed E-state index contributed by atoms with van der Waals surface area (Å²) < 4.78 is 11.2. The summed E-state index contributed by atoms with van der Waals surface area (Å²) in [5.41, 5.74) is 7.29. The first kappa shape index (κ1) is 19.5. The monoisotopic (exact) mass is 366 g/mol. The van der Waals surface area contributed by atoms with Crippen molar-refractivity contribution in [1.29, 1.82) is 0 Å². The van der Waals surface area contributed by atoms with E-state index in [1.165, 1.54) is 22.3 Å². The van der Waals surface area contributed by atoms with E-state index >= 15 is 0 Å². The molecule has 27 heavy (non-hydrogen) atoms. The van der Waals surface area contributed by atoms with Gasteiger partial charge in [0.1, 0.15) is 0 Å². The van der Waals surface area contributed by atoms with Crippen LogP contribution in [0.4, 0.5) is 0 Å². The lowest BCUT2D eigenvalue weighted by Gasteiger charge is -2.27. The molecule has 0 atom stereocenters. The third-order valence-corrected chi connectivity index (χ3v) is 4.97. The molecular weight excluding hydrogens is 336 g/mol. The minimum absolute atomic E-state index is 0.0534. The van der Waals surface area contributed by atoms with Crippen LogP contribution < -0.4 is 0 Å². The molecule has 0 radical (unpaired) electrons. The molecule has 2 N–H and O–H groups in total. The Balaban J connectivity index is 2.27. The van der Waals surface area contributed by atoms with Gasteiger partial charge in [-0.3, -0.25) is 0 Å². The lowest BCUT2D eigenvalue weighted by atomic mass is 9.79. The topological polar surface area (TPSA) is 50.0 Å². The van der Waals surface area contributed by atoms with E-state index in [1.807, 2.05) is 24.5 Å². The molecule has 0 unspecified atom stereocenters. The van der Waals surface area contributed by atoms with Gasteiger partial charge >= 0.3 is 0 Å². The Hall–Kier alpha value is -2.30. The first-order valence-electron chi connectivity index (χ1n) is 9.36. The molecule has 0 amide bonds. The molecule has 3 rings (SSSR count). The van der Waals surface area contributed by atoms with Crippen LogP contribution in [0, 0.1) is 0 Å². The Morgan fingerprint density at radius 3 is 1.67 bits per heavy atom. The maximum Gasteiger partial charge on any atom is 0.0716 e. The van der Waals surface area contributed by atoms with E-state index in [0.717, 1.165) is 11.4 Å². The van der Waals surface area contributed by atoms with Gasteiger partial charge in [0.05, 0.1) is 19.1 Å². The zero-order valence-corrected chi connectivity index (χ0v) is 16.9. The third kappa shape index (κ3) is 4.18. The van der Waals surface area contributed by atoms with Crippen LogP contribution in [-0.2, 0) is 28.1 Å². The highest BCUT2D eigenvalue weighted by molar-refractivity contribution is 5.50. The number of benzene rings is 1. The first-order valence-corrected chi connectivity index (χ1v) is 9.36. The standard InChI is InChI=1S/C23H30N2O2/c1-23(2,3)18-12-16(14-26-4)21(17(13-18)15-27-5)22(19-8-6-10-24-19)20-9-7-11-25-20/h6-13,22,24-25H,14-15H2,1-5H3. The van der Waals surface area contributed by atoms with E-state index in [2.05, 4.69) is 55.0 Å². The fourth-order valence-corrected chi connectivity index (χ4v) is 3.66.